The van der Waals surface area contributed by atoms with Crippen LogP contribution < -0.4 is 5.32 Å². The summed E-state index contributed by atoms with van der Waals surface area (Å²) in [5.74, 6) is 0. The predicted molar refractivity (Wildman–Crippen MR) is 73.4 cm³/mol. The molecule has 98 valence electrons. The van der Waals surface area contributed by atoms with Crippen LogP contribution in [0.25, 0.3) is 0 Å². The third-order valence-electron chi connectivity index (χ3n) is 4.27. The molecule has 2 fully saturated rings. The maximum Gasteiger partial charge on any atom is 0.0338 e. The van der Waals surface area contributed by atoms with E-state index in [2.05, 4.69) is 28.2 Å². The second-order valence-corrected chi connectivity index (χ2v) is 5.68. The third kappa shape index (κ3) is 2.73. The Morgan fingerprint density at radius 1 is 1.44 bits per heavy atom. The molecule has 2 unspecified atom stereocenters. The quantitative estimate of drug-likeness (QED) is 0.863. The van der Waals surface area contributed by atoms with Crippen molar-refractivity contribution in [3.8, 4) is 0 Å². The summed E-state index contributed by atoms with van der Waals surface area (Å²) < 4.78 is 0. The molecule has 0 bridgehead atoms. The largest absolute Gasteiger partial charge is 0.313 e. The molecule has 1 N–H and O–H groups in total. The number of rotatable bonds is 5. The van der Waals surface area contributed by atoms with Crippen LogP contribution in [-0.4, -0.2) is 35.1 Å². The van der Waals surface area contributed by atoms with Gasteiger partial charge < -0.3 is 5.32 Å². The Bertz CT molecular complexity index is 369. The lowest BCUT2D eigenvalue weighted by atomic mass is 10.1. The van der Waals surface area contributed by atoms with Gasteiger partial charge in [-0.1, -0.05) is 6.07 Å². The van der Waals surface area contributed by atoms with Crippen molar-refractivity contribution in [1.82, 2.24) is 15.2 Å². The summed E-state index contributed by atoms with van der Waals surface area (Å²) in [5.41, 5.74) is 1.35. The maximum absolute atomic E-state index is 4.26. The highest BCUT2D eigenvalue weighted by Crippen LogP contribution is 2.34. The van der Waals surface area contributed by atoms with Crippen molar-refractivity contribution in [3.05, 3.63) is 30.1 Å². The molecular weight excluding hydrogens is 222 g/mol. The average molecular weight is 245 g/mol. The number of pyridine rings is 1. The fourth-order valence-electron chi connectivity index (χ4n) is 3.01. The standard InChI is InChI=1S/C15H23N3/c1-12(13-4-2-8-16-10-13)18(15-6-7-15)11-14-5-3-9-17-14/h2,4,8,10,12,14-15,17H,3,5-7,9,11H2,1H3. The Hall–Kier alpha value is -0.930. The minimum Gasteiger partial charge on any atom is -0.313 e. The molecule has 2 atom stereocenters. The van der Waals surface area contributed by atoms with Crippen molar-refractivity contribution in [3.63, 3.8) is 0 Å². The Morgan fingerprint density at radius 3 is 2.94 bits per heavy atom. The van der Waals surface area contributed by atoms with Crippen LogP contribution in [-0.2, 0) is 0 Å². The van der Waals surface area contributed by atoms with Gasteiger partial charge in [0, 0.05) is 37.1 Å². The van der Waals surface area contributed by atoms with E-state index < -0.39 is 0 Å². The van der Waals surface area contributed by atoms with Crippen molar-refractivity contribution in [2.75, 3.05) is 13.1 Å². The molecule has 0 spiro atoms. The number of nitrogens with one attached hydrogen (secondary N) is 1. The number of aromatic nitrogens is 1. The Labute approximate surface area is 110 Å². The molecule has 2 aliphatic rings. The fraction of sp³-hybridized carbons (Fsp3) is 0.667. The summed E-state index contributed by atoms with van der Waals surface area (Å²) in [6.07, 6.45) is 9.29. The molecule has 18 heavy (non-hydrogen) atoms. The van der Waals surface area contributed by atoms with E-state index >= 15 is 0 Å². The lowest BCUT2D eigenvalue weighted by molar-refractivity contribution is 0.182. The second kappa shape index (κ2) is 5.37. The maximum atomic E-state index is 4.26. The van der Waals surface area contributed by atoms with Gasteiger partial charge in [-0.25, -0.2) is 0 Å². The van der Waals surface area contributed by atoms with Gasteiger partial charge in [-0.15, -0.1) is 0 Å². The van der Waals surface area contributed by atoms with Crippen LogP contribution in [0.3, 0.4) is 0 Å². The lowest BCUT2D eigenvalue weighted by Crippen LogP contribution is -2.40. The summed E-state index contributed by atoms with van der Waals surface area (Å²) in [6.45, 7) is 4.72. The number of hydrogen-bond donors (Lipinski definition) is 1. The normalized spacial score (nSPS) is 25.6. The molecule has 1 saturated carbocycles. The van der Waals surface area contributed by atoms with Crippen LogP contribution in [0.1, 0.15) is 44.2 Å². The summed E-state index contributed by atoms with van der Waals surface area (Å²) in [4.78, 5) is 6.94. The van der Waals surface area contributed by atoms with E-state index in [9.17, 15) is 0 Å². The van der Waals surface area contributed by atoms with Gasteiger partial charge in [0.2, 0.25) is 0 Å². The monoisotopic (exact) mass is 245 g/mol. The van der Waals surface area contributed by atoms with Gasteiger partial charge in [-0.2, -0.15) is 0 Å². The SMILES string of the molecule is CC(c1cccnc1)N(CC1CCCN1)C1CC1. The molecule has 1 aliphatic heterocycles. The van der Waals surface area contributed by atoms with E-state index in [-0.39, 0.29) is 0 Å². The summed E-state index contributed by atoms with van der Waals surface area (Å²) >= 11 is 0. The average Bonchev–Trinajstić information content (AvgIpc) is 3.13. The first-order valence-electron chi connectivity index (χ1n) is 7.23. The van der Waals surface area contributed by atoms with Crippen molar-refractivity contribution >= 4 is 0 Å². The van der Waals surface area contributed by atoms with Crippen molar-refractivity contribution in [2.45, 2.75) is 50.7 Å². The zero-order chi connectivity index (χ0) is 12.4. The zero-order valence-electron chi connectivity index (χ0n) is 11.2. The Balaban J connectivity index is 1.68. The molecule has 1 saturated heterocycles. The molecule has 1 aromatic rings. The van der Waals surface area contributed by atoms with Gasteiger partial charge in [-0.3, -0.25) is 9.88 Å². The first-order valence-corrected chi connectivity index (χ1v) is 7.23. The zero-order valence-corrected chi connectivity index (χ0v) is 11.2. The summed E-state index contributed by atoms with van der Waals surface area (Å²) in [7, 11) is 0. The van der Waals surface area contributed by atoms with Crippen LogP contribution in [0.2, 0.25) is 0 Å². The molecule has 3 rings (SSSR count). The first-order chi connectivity index (χ1) is 8.84. The smallest absolute Gasteiger partial charge is 0.0338 e. The summed E-state index contributed by atoms with van der Waals surface area (Å²) in [6, 6.07) is 6.25. The van der Waals surface area contributed by atoms with Gasteiger partial charge in [0.25, 0.3) is 0 Å². The minimum atomic E-state index is 0.494. The van der Waals surface area contributed by atoms with Crippen LogP contribution in [0, 0.1) is 0 Å². The van der Waals surface area contributed by atoms with Gasteiger partial charge >= 0.3 is 0 Å². The van der Waals surface area contributed by atoms with Crippen molar-refractivity contribution in [1.29, 1.82) is 0 Å². The van der Waals surface area contributed by atoms with Crippen molar-refractivity contribution in [2.24, 2.45) is 0 Å². The Morgan fingerprint density at radius 2 is 2.33 bits per heavy atom. The predicted octanol–water partition coefficient (Wildman–Crippen LogP) is 2.36. The van der Waals surface area contributed by atoms with E-state index in [1.807, 2.05) is 18.5 Å². The van der Waals surface area contributed by atoms with Crippen LogP contribution in [0.4, 0.5) is 0 Å². The molecule has 0 radical (unpaired) electrons. The van der Waals surface area contributed by atoms with E-state index in [1.54, 1.807) is 0 Å². The van der Waals surface area contributed by atoms with Crippen LogP contribution in [0.15, 0.2) is 24.5 Å². The fourth-order valence-corrected chi connectivity index (χ4v) is 3.01. The van der Waals surface area contributed by atoms with Crippen LogP contribution >= 0.6 is 0 Å². The molecular formula is C15H23N3. The van der Waals surface area contributed by atoms with E-state index in [1.165, 1.54) is 44.3 Å². The second-order valence-electron chi connectivity index (χ2n) is 5.68. The Kier molecular flexibility index (Phi) is 3.62. The van der Waals surface area contributed by atoms with Crippen molar-refractivity contribution < 1.29 is 0 Å². The number of hydrogen-bond acceptors (Lipinski definition) is 3. The highest BCUT2D eigenvalue weighted by Gasteiger charge is 2.34. The van der Waals surface area contributed by atoms with Gasteiger partial charge in [-0.05, 0) is 50.8 Å². The van der Waals surface area contributed by atoms with E-state index in [0.717, 1.165) is 6.04 Å². The summed E-state index contributed by atoms with van der Waals surface area (Å²) in [5, 5.41) is 3.62. The molecule has 1 aliphatic carbocycles. The molecule has 1 aromatic heterocycles. The van der Waals surface area contributed by atoms with E-state index in [4.69, 9.17) is 0 Å². The minimum absolute atomic E-state index is 0.494. The number of nitrogens with zero attached hydrogens (tertiary/aromatic N) is 2. The molecule has 0 amide bonds. The molecule has 3 nitrogen and oxygen atoms in total. The topological polar surface area (TPSA) is 28.2 Å². The molecule has 3 heteroatoms. The highest BCUT2D eigenvalue weighted by molar-refractivity contribution is 5.14. The van der Waals surface area contributed by atoms with Gasteiger partial charge in [0.1, 0.15) is 0 Å². The van der Waals surface area contributed by atoms with Crippen LogP contribution in [0.5, 0.6) is 0 Å². The highest BCUT2D eigenvalue weighted by atomic mass is 15.2. The lowest BCUT2D eigenvalue weighted by Gasteiger charge is -2.31. The first kappa shape index (κ1) is 12.1. The third-order valence-corrected chi connectivity index (χ3v) is 4.27. The van der Waals surface area contributed by atoms with E-state index in [0.29, 0.717) is 12.1 Å². The molecule has 0 aromatic carbocycles. The van der Waals surface area contributed by atoms with Gasteiger partial charge in [0.15, 0.2) is 0 Å². The van der Waals surface area contributed by atoms with Gasteiger partial charge in [0.05, 0.1) is 0 Å². The molecule has 2 heterocycles.